The molecule has 0 radical (unpaired) electrons. The number of carbonyl (C=O) groups excluding carboxylic acids is 3. The van der Waals surface area contributed by atoms with Gasteiger partial charge in [0.2, 0.25) is 0 Å². The standard InChI is InChI=1S/C26H27NO8/c1-11-23(31)18(27)7-20(35-11)17-9-26(34,21(30)10-28)8-12-5-15-16(6-14(12)17)25(33)22-13(24(15)32)3-2-4-19(22)29/h2-6,11,17-18,20,23,28-29,31,34H,7-10,27H2,1H3/t11-,17-,18-,20+,23+,26-/m0/s1. The Hall–Kier alpha value is -2.95. The SMILES string of the molecule is C[C@@H]1O[C@@H]([C@H]2C[C@](O)(C(=O)CO)Cc3cc4c(cc32)C(=O)c2c(O)cccc2C4=O)C[C@H](N)[C@@H]1O. The van der Waals surface area contributed by atoms with Gasteiger partial charge in [-0.25, -0.2) is 0 Å². The number of nitrogens with two attached hydrogens (primary N) is 1. The van der Waals surface area contributed by atoms with Gasteiger partial charge in [0.1, 0.15) is 18.0 Å². The van der Waals surface area contributed by atoms with Gasteiger partial charge >= 0.3 is 0 Å². The van der Waals surface area contributed by atoms with Gasteiger partial charge in [-0.1, -0.05) is 12.1 Å². The zero-order valence-electron chi connectivity index (χ0n) is 19.1. The molecule has 6 atom stereocenters. The summed E-state index contributed by atoms with van der Waals surface area (Å²) in [6, 6.07) is 6.80. The number of hydrogen-bond donors (Lipinski definition) is 5. The quantitative estimate of drug-likeness (QED) is 0.355. The van der Waals surface area contributed by atoms with E-state index in [1.54, 1.807) is 13.0 Å². The van der Waals surface area contributed by atoms with E-state index < -0.39 is 59.8 Å². The number of aliphatic hydroxyl groups excluding tert-OH is 2. The summed E-state index contributed by atoms with van der Waals surface area (Å²) >= 11 is 0. The van der Waals surface area contributed by atoms with Gasteiger partial charge in [-0.05, 0) is 49.1 Å². The number of Topliss-reactive ketones (excluding diaryl/α,β-unsaturated/α-hetero) is 1. The number of phenols is 1. The summed E-state index contributed by atoms with van der Waals surface area (Å²) in [7, 11) is 0. The Labute approximate surface area is 201 Å². The number of ether oxygens (including phenoxy) is 1. The van der Waals surface area contributed by atoms with E-state index in [1.165, 1.54) is 24.3 Å². The largest absolute Gasteiger partial charge is 0.507 e. The van der Waals surface area contributed by atoms with Gasteiger partial charge < -0.3 is 30.9 Å². The van der Waals surface area contributed by atoms with E-state index in [2.05, 4.69) is 0 Å². The summed E-state index contributed by atoms with van der Waals surface area (Å²) < 4.78 is 6.03. The predicted molar refractivity (Wildman–Crippen MR) is 122 cm³/mol. The lowest BCUT2D eigenvalue weighted by Gasteiger charge is -2.45. The molecule has 35 heavy (non-hydrogen) atoms. The van der Waals surface area contributed by atoms with E-state index >= 15 is 0 Å². The molecule has 1 heterocycles. The second kappa shape index (κ2) is 8.32. The van der Waals surface area contributed by atoms with Gasteiger partial charge in [-0.15, -0.1) is 0 Å². The zero-order valence-corrected chi connectivity index (χ0v) is 19.1. The van der Waals surface area contributed by atoms with Crippen LogP contribution in [0.15, 0.2) is 30.3 Å². The van der Waals surface area contributed by atoms with Crippen LogP contribution in [0.25, 0.3) is 0 Å². The highest BCUT2D eigenvalue weighted by molar-refractivity contribution is 6.29. The number of aliphatic hydroxyl groups is 3. The number of carbonyl (C=O) groups is 3. The van der Waals surface area contributed by atoms with Gasteiger partial charge in [0.05, 0.1) is 23.9 Å². The van der Waals surface area contributed by atoms with Crippen molar-refractivity contribution in [2.75, 3.05) is 6.61 Å². The molecular formula is C26H27NO8. The normalized spacial score (nSPS) is 32.0. The van der Waals surface area contributed by atoms with Crippen LogP contribution in [-0.2, 0) is 16.0 Å². The third-order valence-corrected chi connectivity index (χ3v) is 7.65. The van der Waals surface area contributed by atoms with Crippen LogP contribution in [0.4, 0.5) is 0 Å². The Morgan fingerprint density at radius 3 is 2.57 bits per heavy atom. The molecule has 3 aliphatic rings. The highest BCUT2D eigenvalue weighted by Gasteiger charge is 2.48. The average molecular weight is 482 g/mol. The van der Waals surface area contributed by atoms with Gasteiger partial charge in [0.15, 0.2) is 17.3 Å². The summed E-state index contributed by atoms with van der Waals surface area (Å²) in [5, 5.41) is 41.3. The summed E-state index contributed by atoms with van der Waals surface area (Å²) in [5.41, 5.74) is 5.62. The van der Waals surface area contributed by atoms with Crippen LogP contribution in [-0.4, -0.2) is 74.3 Å². The monoisotopic (exact) mass is 481 g/mol. The Morgan fingerprint density at radius 1 is 1.17 bits per heavy atom. The van der Waals surface area contributed by atoms with Gasteiger partial charge in [0, 0.05) is 35.1 Å². The summed E-state index contributed by atoms with van der Waals surface area (Å²) in [5.74, 6) is -2.57. The minimum Gasteiger partial charge on any atom is -0.507 e. The van der Waals surface area contributed by atoms with E-state index in [0.717, 1.165) is 0 Å². The molecule has 2 aromatic carbocycles. The molecule has 5 rings (SSSR count). The predicted octanol–water partition coefficient (Wildman–Crippen LogP) is 0.355. The second-order valence-corrected chi connectivity index (χ2v) is 9.82. The van der Waals surface area contributed by atoms with Gasteiger partial charge in [-0.2, -0.15) is 0 Å². The Morgan fingerprint density at radius 2 is 1.89 bits per heavy atom. The summed E-state index contributed by atoms with van der Waals surface area (Å²) in [4.78, 5) is 39.1. The van der Waals surface area contributed by atoms with Gasteiger partial charge in [0.25, 0.3) is 0 Å². The van der Waals surface area contributed by atoms with Crippen LogP contribution in [0.1, 0.15) is 68.7 Å². The van der Waals surface area contributed by atoms with Gasteiger partial charge in [-0.3, -0.25) is 14.4 Å². The fourth-order valence-electron chi connectivity index (χ4n) is 5.76. The van der Waals surface area contributed by atoms with Crippen molar-refractivity contribution < 1.29 is 39.5 Å². The maximum Gasteiger partial charge on any atom is 0.198 e. The van der Waals surface area contributed by atoms with Crippen LogP contribution in [0, 0.1) is 0 Å². The van der Waals surface area contributed by atoms with Crippen molar-refractivity contribution >= 4 is 17.3 Å². The molecule has 2 aliphatic carbocycles. The highest BCUT2D eigenvalue weighted by Crippen LogP contribution is 2.45. The summed E-state index contributed by atoms with van der Waals surface area (Å²) in [6.45, 7) is 0.827. The Bertz CT molecular complexity index is 1240. The molecule has 9 heteroatoms. The first-order valence-electron chi connectivity index (χ1n) is 11.6. The molecular weight excluding hydrogens is 454 g/mol. The van der Waals surface area contributed by atoms with Crippen molar-refractivity contribution in [2.45, 2.75) is 62.1 Å². The smallest absolute Gasteiger partial charge is 0.198 e. The lowest BCUT2D eigenvalue weighted by atomic mass is 9.67. The third-order valence-electron chi connectivity index (χ3n) is 7.65. The number of aromatic hydroxyl groups is 1. The van der Waals surface area contributed by atoms with Crippen molar-refractivity contribution in [1.82, 2.24) is 0 Å². The molecule has 0 spiro atoms. The topological polar surface area (TPSA) is 167 Å². The first kappa shape index (κ1) is 23.8. The molecule has 9 nitrogen and oxygen atoms in total. The molecule has 1 aliphatic heterocycles. The molecule has 0 amide bonds. The van der Waals surface area contributed by atoms with E-state index in [-0.39, 0.29) is 47.3 Å². The maximum atomic E-state index is 13.3. The zero-order chi connectivity index (χ0) is 25.2. The van der Waals surface area contributed by atoms with Crippen LogP contribution < -0.4 is 5.73 Å². The average Bonchev–Trinajstić information content (AvgIpc) is 2.83. The molecule has 6 N–H and O–H groups in total. The van der Waals surface area contributed by atoms with Crippen molar-refractivity contribution in [3.8, 4) is 5.75 Å². The number of benzene rings is 2. The minimum atomic E-state index is -1.90. The van der Waals surface area contributed by atoms with E-state index in [4.69, 9.17) is 10.5 Å². The van der Waals surface area contributed by atoms with Crippen molar-refractivity contribution in [1.29, 1.82) is 0 Å². The molecule has 0 saturated carbocycles. The second-order valence-electron chi connectivity index (χ2n) is 9.82. The number of fused-ring (bicyclic) bond motifs is 3. The fourth-order valence-corrected chi connectivity index (χ4v) is 5.76. The molecule has 0 aromatic heterocycles. The van der Waals surface area contributed by atoms with Crippen molar-refractivity contribution in [3.63, 3.8) is 0 Å². The highest BCUT2D eigenvalue weighted by atomic mass is 16.5. The number of phenolic OH excluding ortho intramolecular Hbond substituents is 1. The molecule has 0 bridgehead atoms. The minimum absolute atomic E-state index is 0.0584. The fraction of sp³-hybridized carbons (Fsp3) is 0.423. The third kappa shape index (κ3) is 3.62. The first-order valence-corrected chi connectivity index (χ1v) is 11.6. The first-order chi connectivity index (χ1) is 16.6. The molecule has 2 aromatic rings. The lowest BCUT2D eigenvalue weighted by molar-refractivity contribution is -0.150. The van der Waals surface area contributed by atoms with Crippen LogP contribution in [0.3, 0.4) is 0 Å². The van der Waals surface area contributed by atoms with Crippen LogP contribution >= 0.6 is 0 Å². The van der Waals surface area contributed by atoms with Crippen LogP contribution in [0.5, 0.6) is 5.75 Å². The van der Waals surface area contributed by atoms with Crippen molar-refractivity contribution in [2.24, 2.45) is 5.73 Å². The number of hydrogen-bond acceptors (Lipinski definition) is 9. The van der Waals surface area contributed by atoms with Crippen LogP contribution in [0.2, 0.25) is 0 Å². The van der Waals surface area contributed by atoms with E-state index in [1.807, 2.05) is 0 Å². The molecule has 1 saturated heterocycles. The Kier molecular flexibility index (Phi) is 5.65. The molecule has 0 unspecified atom stereocenters. The number of rotatable bonds is 3. The number of ketones is 3. The molecule has 1 fully saturated rings. The summed E-state index contributed by atoms with van der Waals surface area (Å²) in [6.07, 6.45) is -2.05. The Balaban J connectivity index is 1.66. The molecule has 184 valence electrons. The lowest BCUT2D eigenvalue weighted by Crippen LogP contribution is -2.55. The van der Waals surface area contributed by atoms with E-state index in [9.17, 15) is 34.8 Å². The van der Waals surface area contributed by atoms with Crippen molar-refractivity contribution in [3.05, 3.63) is 63.7 Å². The maximum absolute atomic E-state index is 13.3. The van der Waals surface area contributed by atoms with E-state index in [0.29, 0.717) is 11.1 Å².